The van der Waals surface area contributed by atoms with E-state index in [1.807, 2.05) is 0 Å². The van der Waals surface area contributed by atoms with Gasteiger partial charge in [-0.15, -0.1) is 0 Å². The van der Waals surface area contributed by atoms with Crippen molar-refractivity contribution in [2.24, 2.45) is 4.99 Å². The number of nitrogens with zero attached hydrogens (tertiary/aromatic N) is 1. The Labute approximate surface area is 131 Å². The number of carbonyl (C=O) groups is 1. The predicted molar refractivity (Wildman–Crippen MR) is 73.3 cm³/mol. The molecule has 2 aromatic carbocycles. The van der Waals surface area contributed by atoms with Crippen LogP contribution in [0.25, 0.3) is 6.08 Å². The highest BCUT2D eigenvalue weighted by atomic mass is 19.2. The molecular weight excluding hydrogens is 333 g/mol. The summed E-state index contributed by atoms with van der Waals surface area (Å²) in [7, 11) is 0. The van der Waals surface area contributed by atoms with Gasteiger partial charge in [-0.1, -0.05) is 18.2 Å². The number of benzene rings is 2. The lowest BCUT2D eigenvalue weighted by molar-refractivity contribution is -0.129. The molecule has 0 bridgehead atoms. The SMILES string of the molecule is O=C1OC(c2ccccc2)=NC1=Cc1c(F)c(F)c(F)c(F)c1F. The van der Waals surface area contributed by atoms with Crippen molar-refractivity contribution < 1.29 is 31.5 Å². The Morgan fingerprint density at radius 1 is 0.833 bits per heavy atom. The Bertz CT molecular complexity index is 877. The molecule has 0 atom stereocenters. The number of hydrogen-bond donors (Lipinski definition) is 0. The van der Waals surface area contributed by atoms with Gasteiger partial charge in [-0.25, -0.2) is 31.7 Å². The number of aliphatic imine (C=N–C) groups is 1. The molecule has 0 unspecified atom stereocenters. The minimum Gasteiger partial charge on any atom is -0.402 e. The van der Waals surface area contributed by atoms with Crippen LogP contribution in [0, 0.1) is 29.1 Å². The fourth-order valence-electron chi connectivity index (χ4n) is 2.00. The van der Waals surface area contributed by atoms with Gasteiger partial charge in [0.1, 0.15) is 0 Å². The van der Waals surface area contributed by atoms with Crippen molar-refractivity contribution in [2.75, 3.05) is 0 Å². The summed E-state index contributed by atoms with van der Waals surface area (Å²) in [4.78, 5) is 15.4. The molecule has 1 heterocycles. The van der Waals surface area contributed by atoms with E-state index in [4.69, 9.17) is 4.74 Å². The molecule has 0 aromatic heterocycles. The Balaban J connectivity index is 2.10. The van der Waals surface area contributed by atoms with E-state index in [0.717, 1.165) is 0 Å². The molecule has 0 saturated heterocycles. The molecule has 8 heteroatoms. The average Bonchev–Trinajstić information content (AvgIpc) is 2.97. The lowest BCUT2D eigenvalue weighted by Gasteiger charge is -2.04. The lowest BCUT2D eigenvalue weighted by Crippen LogP contribution is -2.06. The monoisotopic (exact) mass is 339 g/mol. The molecule has 2 aromatic rings. The number of esters is 1. The molecular formula is C16H6F5NO2. The van der Waals surface area contributed by atoms with Gasteiger partial charge in [0.25, 0.3) is 0 Å². The standard InChI is InChI=1S/C16H6F5NO2/c17-10-8(11(18)13(20)14(21)12(10)19)6-9-16(23)24-15(22-9)7-4-2-1-3-5-7/h1-6H. The zero-order chi connectivity index (χ0) is 17.4. The van der Waals surface area contributed by atoms with Crippen LogP contribution in [-0.4, -0.2) is 11.9 Å². The number of rotatable bonds is 2. The van der Waals surface area contributed by atoms with E-state index in [1.54, 1.807) is 30.3 Å². The van der Waals surface area contributed by atoms with Crippen LogP contribution < -0.4 is 0 Å². The van der Waals surface area contributed by atoms with Crippen molar-refractivity contribution in [2.45, 2.75) is 0 Å². The zero-order valence-electron chi connectivity index (χ0n) is 11.6. The summed E-state index contributed by atoms with van der Waals surface area (Å²) in [6.45, 7) is 0. The molecule has 0 spiro atoms. The van der Waals surface area contributed by atoms with Gasteiger partial charge in [0.2, 0.25) is 11.7 Å². The summed E-state index contributed by atoms with van der Waals surface area (Å²) in [5, 5.41) is 0. The number of halogens is 5. The first-order valence-electron chi connectivity index (χ1n) is 6.49. The Kier molecular flexibility index (Phi) is 3.88. The molecule has 0 aliphatic carbocycles. The molecule has 24 heavy (non-hydrogen) atoms. The smallest absolute Gasteiger partial charge is 0.363 e. The number of cyclic esters (lactones) is 1. The van der Waals surface area contributed by atoms with Crippen molar-refractivity contribution in [3.8, 4) is 0 Å². The van der Waals surface area contributed by atoms with Crippen molar-refractivity contribution in [1.82, 2.24) is 0 Å². The molecule has 0 N–H and O–H groups in total. The van der Waals surface area contributed by atoms with Gasteiger partial charge in [-0.05, 0) is 18.2 Å². The zero-order valence-corrected chi connectivity index (χ0v) is 11.6. The van der Waals surface area contributed by atoms with Gasteiger partial charge in [0.15, 0.2) is 29.0 Å². The third-order valence-corrected chi connectivity index (χ3v) is 3.17. The Hall–Kier alpha value is -3.03. The minimum atomic E-state index is -2.28. The highest BCUT2D eigenvalue weighted by Crippen LogP contribution is 2.27. The fraction of sp³-hybridized carbons (Fsp3) is 0. The first-order valence-corrected chi connectivity index (χ1v) is 6.49. The second-order valence-electron chi connectivity index (χ2n) is 4.69. The van der Waals surface area contributed by atoms with Gasteiger partial charge in [-0.2, -0.15) is 0 Å². The summed E-state index contributed by atoms with van der Waals surface area (Å²) in [6, 6.07) is 8.10. The summed E-state index contributed by atoms with van der Waals surface area (Å²) in [5.41, 5.74) is -1.44. The molecule has 3 rings (SSSR count). The van der Waals surface area contributed by atoms with E-state index in [-0.39, 0.29) is 5.90 Å². The van der Waals surface area contributed by atoms with Gasteiger partial charge in [-0.3, -0.25) is 0 Å². The Morgan fingerprint density at radius 3 is 1.96 bits per heavy atom. The highest BCUT2D eigenvalue weighted by Gasteiger charge is 2.28. The number of ether oxygens (including phenoxy) is 1. The van der Waals surface area contributed by atoms with E-state index in [1.165, 1.54) is 0 Å². The second-order valence-corrected chi connectivity index (χ2v) is 4.69. The van der Waals surface area contributed by atoms with E-state index < -0.39 is 46.3 Å². The maximum absolute atomic E-state index is 13.6. The second kappa shape index (κ2) is 5.88. The van der Waals surface area contributed by atoms with Crippen LogP contribution in [0.3, 0.4) is 0 Å². The molecule has 1 aliphatic heterocycles. The number of hydrogen-bond acceptors (Lipinski definition) is 3. The van der Waals surface area contributed by atoms with Gasteiger partial charge in [0.05, 0.1) is 5.56 Å². The minimum absolute atomic E-state index is 0.143. The highest BCUT2D eigenvalue weighted by molar-refractivity contribution is 6.12. The number of carbonyl (C=O) groups excluding carboxylic acids is 1. The van der Waals surface area contributed by atoms with E-state index >= 15 is 0 Å². The van der Waals surface area contributed by atoms with Crippen LogP contribution in [0.5, 0.6) is 0 Å². The third kappa shape index (κ3) is 2.55. The van der Waals surface area contributed by atoms with Crippen LogP contribution in [-0.2, 0) is 9.53 Å². The van der Waals surface area contributed by atoms with E-state index in [0.29, 0.717) is 11.6 Å². The molecule has 3 nitrogen and oxygen atoms in total. The summed E-state index contributed by atoms with van der Waals surface area (Å²) < 4.78 is 71.5. The van der Waals surface area contributed by atoms with Crippen molar-refractivity contribution in [1.29, 1.82) is 0 Å². The van der Waals surface area contributed by atoms with Crippen molar-refractivity contribution >= 4 is 17.9 Å². The molecule has 0 fully saturated rings. The predicted octanol–water partition coefficient (Wildman–Crippen LogP) is 3.73. The topological polar surface area (TPSA) is 38.7 Å². The van der Waals surface area contributed by atoms with E-state index in [2.05, 4.69) is 4.99 Å². The maximum Gasteiger partial charge on any atom is 0.363 e. The quantitative estimate of drug-likeness (QED) is 0.275. The normalized spacial score (nSPS) is 15.6. The third-order valence-electron chi connectivity index (χ3n) is 3.17. The molecule has 0 saturated carbocycles. The lowest BCUT2D eigenvalue weighted by atomic mass is 10.1. The molecule has 122 valence electrons. The first-order chi connectivity index (χ1) is 11.4. The van der Waals surface area contributed by atoms with Crippen LogP contribution >= 0.6 is 0 Å². The molecule has 0 amide bonds. The van der Waals surface area contributed by atoms with Crippen molar-refractivity contribution in [3.05, 3.63) is 76.2 Å². The average molecular weight is 339 g/mol. The van der Waals surface area contributed by atoms with Gasteiger partial charge in [0, 0.05) is 5.56 Å². The van der Waals surface area contributed by atoms with Crippen LogP contribution in [0.2, 0.25) is 0 Å². The van der Waals surface area contributed by atoms with Crippen LogP contribution in [0.1, 0.15) is 11.1 Å². The maximum atomic E-state index is 13.6. The van der Waals surface area contributed by atoms with Crippen LogP contribution in [0.4, 0.5) is 22.0 Å². The molecule has 1 aliphatic rings. The Morgan fingerprint density at radius 2 is 1.38 bits per heavy atom. The van der Waals surface area contributed by atoms with Gasteiger partial charge < -0.3 is 4.74 Å². The first kappa shape index (κ1) is 15.9. The largest absolute Gasteiger partial charge is 0.402 e. The summed E-state index contributed by atoms with van der Waals surface area (Å²) >= 11 is 0. The van der Waals surface area contributed by atoms with Gasteiger partial charge >= 0.3 is 5.97 Å². The summed E-state index contributed by atoms with van der Waals surface area (Å²) in [5.74, 6) is -11.8. The fourth-order valence-corrected chi connectivity index (χ4v) is 2.00. The van der Waals surface area contributed by atoms with Crippen LogP contribution in [0.15, 0.2) is 41.0 Å². The van der Waals surface area contributed by atoms with E-state index in [9.17, 15) is 26.7 Å². The molecule has 0 radical (unpaired) electrons. The summed E-state index contributed by atoms with van der Waals surface area (Å²) in [6.07, 6.45) is 0.453. The van der Waals surface area contributed by atoms with Crippen molar-refractivity contribution in [3.63, 3.8) is 0 Å².